The van der Waals surface area contributed by atoms with Gasteiger partial charge in [0, 0.05) is 38.6 Å². The molecule has 4 heteroatoms. The number of hydrogen-bond acceptors (Lipinski definition) is 3. The van der Waals surface area contributed by atoms with Gasteiger partial charge in [-0.2, -0.15) is 0 Å². The van der Waals surface area contributed by atoms with Crippen LogP contribution in [0.15, 0.2) is 18.2 Å². The number of hydrogen-bond donors (Lipinski definition) is 1. The van der Waals surface area contributed by atoms with E-state index < -0.39 is 0 Å². The maximum Gasteiger partial charge on any atom is 0.256 e. The molecular weight excluding hydrogens is 262 g/mol. The molecule has 0 atom stereocenters. The Kier molecular flexibility index (Phi) is 4.45. The first-order valence-corrected chi connectivity index (χ1v) is 7.66. The molecule has 1 aromatic rings. The van der Waals surface area contributed by atoms with Crippen molar-refractivity contribution in [2.45, 2.75) is 33.1 Å². The number of rotatable bonds is 2. The number of nitrogens with zero attached hydrogens (tertiary/aromatic N) is 2. The predicted octanol–water partition coefficient (Wildman–Crippen LogP) is 2.99. The van der Waals surface area contributed by atoms with Crippen molar-refractivity contribution >= 4 is 17.3 Å². The summed E-state index contributed by atoms with van der Waals surface area (Å²) < 4.78 is 0. The molecule has 4 nitrogen and oxygen atoms in total. The van der Waals surface area contributed by atoms with Crippen LogP contribution >= 0.6 is 0 Å². The summed E-state index contributed by atoms with van der Waals surface area (Å²) in [5.74, 6) is 0.101. The second-order valence-corrected chi connectivity index (χ2v) is 6.98. The van der Waals surface area contributed by atoms with Crippen LogP contribution in [-0.4, -0.2) is 38.0 Å². The summed E-state index contributed by atoms with van der Waals surface area (Å²) in [5.41, 5.74) is 8.48. The van der Waals surface area contributed by atoms with E-state index in [1.807, 2.05) is 36.0 Å². The average Bonchev–Trinajstić information content (AvgIpc) is 2.58. The zero-order chi connectivity index (χ0) is 15.6. The molecular formula is C17H27N3O. The third-order valence-electron chi connectivity index (χ3n) is 4.36. The Morgan fingerprint density at radius 2 is 1.95 bits per heavy atom. The van der Waals surface area contributed by atoms with Crippen LogP contribution in [0.2, 0.25) is 0 Å². The van der Waals surface area contributed by atoms with Crippen LogP contribution in [0.3, 0.4) is 0 Å². The zero-order valence-corrected chi connectivity index (χ0v) is 13.6. The molecule has 1 aliphatic rings. The molecule has 0 spiro atoms. The Morgan fingerprint density at radius 3 is 2.62 bits per heavy atom. The molecule has 0 aromatic heterocycles. The average molecular weight is 289 g/mol. The van der Waals surface area contributed by atoms with Gasteiger partial charge in [0.2, 0.25) is 0 Å². The number of carbonyl (C=O) groups is 1. The molecule has 0 saturated carbocycles. The Balaban J connectivity index is 2.25. The third-order valence-corrected chi connectivity index (χ3v) is 4.36. The van der Waals surface area contributed by atoms with Gasteiger partial charge in [-0.1, -0.05) is 13.8 Å². The topological polar surface area (TPSA) is 49.6 Å². The summed E-state index contributed by atoms with van der Waals surface area (Å²) in [6, 6.07) is 5.57. The lowest BCUT2D eigenvalue weighted by molar-refractivity contribution is 0.0758. The highest BCUT2D eigenvalue weighted by Gasteiger charge is 2.27. The number of nitrogen functional groups attached to an aromatic ring is 1. The SMILES string of the molecule is CN(C)c1ccc(N)cc1C(=O)N1CCCC(C)(C)CC1. The Hall–Kier alpha value is -1.71. The molecule has 116 valence electrons. The molecule has 0 bridgehead atoms. The van der Waals surface area contributed by atoms with E-state index in [0.29, 0.717) is 16.7 Å². The second-order valence-electron chi connectivity index (χ2n) is 6.98. The highest BCUT2D eigenvalue weighted by atomic mass is 16.2. The van der Waals surface area contributed by atoms with E-state index in [1.165, 1.54) is 6.42 Å². The third kappa shape index (κ3) is 3.69. The van der Waals surface area contributed by atoms with E-state index >= 15 is 0 Å². The smallest absolute Gasteiger partial charge is 0.256 e. The number of anilines is 2. The van der Waals surface area contributed by atoms with Gasteiger partial charge in [0.1, 0.15) is 0 Å². The Bertz CT molecular complexity index is 523. The van der Waals surface area contributed by atoms with E-state index in [2.05, 4.69) is 13.8 Å². The molecule has 0 radical (unpaired) electrons. The molecule has 0 aliphatic carbocycles. The maximum absolute atomic E-state index is 12.9. The lowest BCUT2D eigenvalue weighted by atomic mass is 9.85. The summed E-state index contributed by atoms with van der Waals surface area (Å²) in [6.45, 7) is 6.23. The van der Waals surface area contributed by atoms with Crippen LogP contribution in [0.25, 0.3) is 0 Å². The van der Waals surface area contributed by atoms with Gasteiger partial charge < -0.3 is 15.5 Å². The quantitative estimate of drug-likeness (QED) is 0.852. The number of benzene rings is 1. The van der Waals surface area contributed by atoms with E-state index in [-0.39, 0.29) is 5.91 Å². The maximum atomic E-state index is 12.9. The van der Waals surface area contributed by atoms with Crippen molar-refractivity contribution in [3.63, 3.8) is 0 Å². The van der Waals surface area contributed by atoms with Crippen molar-refractivity contribution in [1.29, 1.82) is 0 Å². The molecule has 1 aliphatic heterocycles. The Morgan fingerprint density at radius 1 is 1.24 bits per heavy atom. The molecule has 21 heavy (non-hydrogen) atoms. The normalized spacial score (nSPS) is 18.2. The highest BCUT2D eigenvalue weighted by molar-refractivity contribution is 6.00. The van der Waals surface area contributed by atoms with Crippen molar-refractivity contribution in [1.82, 2.24) is 4.90 Å². The van der Waals surface area contributed by atoms with Crippen LogP contribution in [-0.2, 0) is 0 Å². The van der Waals surface area contributed by atoms with Gasteiger partial charge in [-0.25, -0.2) is 0 Å². The summed E-state index contributed by atoms with van der Waals surface area (Å²) in [5, 5.41) is 0. The van der Waals surface area contributed by atoms with Crippen molar-refractivity contribution in [3.05, 3.63) is 23.8 Å². The fourth-order valence-electron chi connectivity index (χ4n) is 2.91. The Labute approximate surface area is 127 Å². The largest absolute Gasteiger partial charge is 0.399 e. The lowest BCUT2D eigenvalue weighted by Crippen LogP contribution is -2.33. The van der Waals surface area contributed by atoms with Crippen LogP contribution in [0.1, 0.15) is 43.5 Å². The van der Waals surface area contributed by atoms with Gasteiger partial charge in [-0.15, -0.1) is 0 Å². The molecule has 0 unspecified atom stereocenters. The van der Waals surface area contributed by atoms with E-state index in [1.54, 1.807) is 6.07 Å². The molecule has 1 aromatic carbocycles. The van der Waals surface area contributed by atoms with Crippen LogP contribution < -0.4 is 10.6 Å². The van der Waals surface area contributed by atoms with Crippen molar-refractivity contribution < 1.29 is 4.79 Å². The first-order valence-electron chi connectivity index (χ1n) is 7.66. The first kappa shape index (κ1) is 15.7. The van der Waals surface area contributed by atoms with Crippen LogP contribution in [0.5, 0.6) is 0 Å². The standard InChI is InChI=1S/C17H27N3O/c1-17(2)8-5-10-20(11-9-17)16(21)14-12-13(18)6-7-15(14)19(3)4/h6-7,12H,5,8-11,18H2,1-4H3. The van der Waals surface area contributed by atoms with E-state index in [0.717, 1.165) is 31.6 Å². The van der Waals surface area contributed by atoms with Gasteiger partial charge in [0.15, 0.2) is 0 Å². The summed E-state index contributed by atoms with van der Waals surface area (Å²) in [4.78, 5) is 16.8. The van der Waals surface area contributed by atoms with Gasteiger partial charge >= 0.3 is 0 Å². The van der Waals surface area contributed by atoms with Gasteiger partial charge in [0.25, 0.3) is 5.91 Å². The highest BCUT2D eigenvalue weighted by Crippen LogP contribution is 2.31. The van der Waals surface area contributed by atoms with Crippen molar-refractivity contribution in [2.75, 3.05) is 37.8 Å². The minimum absolute atomic E-state index is 0.101. The lowest BCUT2D eigenvalue weighted by Gasteiger charge is -2.25. The van der Waals surface area contributed by atoms with Crippen LogP contribution in [0.4, 0.5) is 11.4 Å². The number of amides is 1. The van der Waals surface area contributed by atoms with Gasteiger partial charge in [-0.3, -0.25) is 4.79 Å². The number of carbonyl (C=O) groups excluding carboxylic acids is 1. The fraction of sp³-hybridized carbons (Fsp3) is 0.588. The molecule has 1 heterocycles. The summed E-state index contributed by atoms with van der Waals surface area (Å²) in [7, 11) is 3.90. The number of nitrogens with two attached hydrogens (primary N) is 1. The molecule has 2 rings (SSSR count). The first-order chi connectivity index (χ1) is 9.80. The minimum Gasteiger partial charge on any atom is -0.399 e. The van der Waals surface area contributed by atoms with Crippen LogP contribution in [0, 0.1) is 5.41 Å². The fourth-order valence-corrected chi connectivity index (χ4v) is 2.91. The molecule has 2 N–H and O–H groups in total. The summed E-state index contributed by atoms with van der Waals surface area (Å²) >= 11 is 0. The van der Waals surface area contributed by atoms with Gasteiger partial charge in [-0.05, 0) is 42.9 Å². The minimum atomic E-state index is 0.101. The molecule has 1 saturated heterocycles. The molecule has 1 fully saturated rings. The van der Waals surface area contributed by atoms with Crippen molar-refractivity contribution in [3.8, 4) is 0 Å². The monoisotopic (exact) mass is 289 g/mol. The second kappa shape index (κ2) is 5.96. The van der Waals surface area contributed by atoms with Gasteiger partial charge in [0.05, 0.1) is 5.56 Å². The molecule has 1 amide bonds. The van der Waals surface area contributed by atoms with Crippen molar-refractivity contribution in [2.24, 2.45) is 5.41 Å². The van der Waals surface area contributed by atoms with E-state index in [4.69, 9.17) is 5.73 Å². The number of likely N-dealkylation sites (tertiary alicyclic amines) is 1. The zero-order valence-electron chi connectivity index (χ0n) is 13.6. The predicted molar refractivity (Wildman–Crippen MR) is 88.7 cm³/mol. The summed E-state index contributed by atoms with van der Waals surface area (Å²) in [6.07, 6.45) is 3.30. The van der Waals surface area contributed by atoms with E-state index in [9.17, 15) is 4.79 Å².